The van der Waals surface area contributed by atoms with E-state index in [0.717, 1.165) is 29.0 Å². The molecule has 98 valence electrons. The largest absolute Gasteiger partial charge is 0.360 e. The molecule has 4 heteroatoms. The molecule has 0 bridgehead atoms. The number of benzene rings is 1. The summed E-state index contributed by atoms with van der Waals surface area (Å²) in [7, 11) is 2.06. The van der Waals surface area contributed by atoms with Gasteiger partial charge in [-0.25, -0.2) is 4.98 Å². The van der Waals surface area contributed by atoms with Gasteiger partial charge in [-0.15, -0.1) is 0 Å². The van der Waals surface area contributed by atoms with Crippen LogP contribution < -0.4 is 5.73 Å². The van der Waals surface area contributed by atoms with Gasteiger partial charge in [-0.1, -0.05) is 18.2 Å². The van der Waals surface area contributed by atoms with Gasteiger partial charge in [-0.3, -0.25) is 0 Å². The molecule has 1 aromatic carbocycles. The quantitative estimate of drug-likeness (QED) is 0.754. The molecular formula is C15H18N4. The minimum Gasteiger partial charge on any atom is -0.360 e. The summed E-state index contributed by atoms with van der Waals surface area (Å²) in [5.41, 5.74) is 10.2. The number of nitrogens with one attached hydrogen (secondary N) is 1. The van der Waals surface area contributed by atoms with Gasteiger partial charge in [-0.2, -0.15) is 0 Å². The van der Waals surface area contributed by atoms with Crippen LogP contribution in [0.2, 0.25) is 0 Å². The minimum absolute atomic E-state index is 0.647. The molecule has 0 saturated heterocycles. The minimum atomic E-state index is 0.647. The van der Waals surface area contributed by atoms with E-state index >= 15 is 0 Å². The van der Waals surface area contributed by atoms with E-state index in [1.807, 2.05) is 19.2 Å². The SMILES string of the molecule is Cc1nc(-c2c[nH]c3ccccc23)n(C)c1CCN. The van der Waals surface area contributed by atoms with Crippen molar-refractivity contribution in [2.24, 2.45) is 12.8 Å². The number of para-hydroxylation sites is 1. The summed E-state index contributed by atoms with van der Waals surface area (Å²) in [6.07, 6.45) is 2.89. The number of aryl methyl sites for hydroxylation is 1. The van der Waals surface area contributed by atoms with E-state index < -0.39 is 0 Å². The number of imidazole rings is 1. The number of hydrogen-bond donors (Lipinski definition) is 2. The predicted octanol–water partition coefficient (Wildman–Crippen LogP) is 2.38. The third kappa shape index (κ3) is 1.85. The van der Waals surface area contributed by atoms with Crippen molar-refractivity contribution in [2.75, 3.05) is 6.54 Å². The molecule has 3 rings (SSSR count). The fourth-order valence-corrected chi connectivity index (χ4v) is 2.65. The van der Waals surface area contributed by atoms with Gasteiger partial charge in [0.1, 0.15) is 5.82 Å². The van der Waals surface area contributed by atoms with Gasteiger partial charge in [0.05, 0.1) is 5.69 Å². The van der Waals surface area contributed by atoms with Gasteiger partial charge in [0.25, 0.3) is 0 Å². The van der Waals surface area contributed by atoms with Crippen LogP contribution in [-0.4, -0.2) is 21.1 Å². The van der Waals surface area contributed by atoms with Crippen molar-refractivity contribution in [3.8, 4) is 11.4 Å². The number of hydrogen-bond acceptors (Lipinski definition) is 2. The maximum atomic E-state index is 5.67. The van der Waals surface area contributed by atoms with Crippen LogP contribution in [0.4, 0.5) is 0 Å². The zero-order valence-electron chi connectivity index (χ0n) is 11.3. The first kappa shape index (κ1) is 12.0. The average molecular weight is 254 g/mol. The van der Waals surface area contributed by atoms with Crippen molar-refractivity contribution in [3.05, 3.63) is 41.9 Å². The Kier molecular flexibility index (Phi) is 2.87. The molecule has 0 aliphatic rings. The number of fused-ring (bicyclic) bond motifs is 1. The second kappa shape index (κ2) is 4.55. The number of aromatic nitrogens is 3. The first-order valence-electron chi connectivity index (χ1n) is 6.51. The Balaban J connectivity index is 2.19. The molecule has 19 heavy (non-hydrogen) atoms. The van der Waals surface area contributed by atoms with E-state index in [0.29, 0.717) is 6.54 Å². The summed E-state index contributed by atoms with van der Waals surface area (Å²) in [4.78, 5) is 8.01. The predicted molar refractivity (Wildman–Crippen MR) is 78.0 cm³/mol. The molecule has 0 spiro atoms. The van der Waals surface area contributed by atoms with Crippen molar-refractivity contribution in [2.45, 2.75) is 13.3 Å². The molecule has 0 amide bonds. The highest BCUT2D eigenvalue weighted by atomic mass is 15.1. The van der Waals surface area contributed by atoms with Crippen LogP contribution >= 0.6 is 0 Å². The van der Waals surface area contributed by atoms with Crippen molar-refractivity contribution < 1.29 is 0 Å². The lowest BCUT2D eigenvalue weighted by atomic mass is 10.1. The summed E-state index contributed by atoms with van der Waals surface area (Å²) in [6.45, 7) is 2.69. The third-order valence-electron chi connectivity index (χ3n) is 3.63. The molecule has 0 aliphatic carbocycles. The van der Waals surface area contributed by atoms with Crippen LogP contribution in [-0.2, 0) is 13.5 Å². The second-order valence-electron chi connectivity index (χ2n) is 4.81. The lowest BCUT2D eigenvalue weighted by Gasteiger charge is -2.04. The standard InChI is InChI=1S/C15H18N4/c1-10-14(7-8-16)19(2)15(18-10)12-9-17-13-6-4-3-5-11(12)13/h3-6,9,17H,7-8,16H2,1-2H3. The zero-order chi connectivity index (χ0) is 13.4. The fourth-order valence-electron chi connectivity index (χ4n) is 2.65. The van der Waals surface area contributed by atoms with Crippen LogP contribution in [0.1, 0.15) is 11.4 Å². The molecule has 0 saturated carbocycles. The molecule has 3 aromatic rings. The van der Waals surface area contributed by atoms with Gasteiger partial charge >= 0.3 is 0 Å². The van der Waals surface area contributed by atoms with Crippen LogP contribution in [0.15, 0.2) is 30.5 Å². The first-order chi connectivity index (χ1) is 9.22. The molecule has 2 aromatic heterocycles. The monoisotopic (exact) mass is 254 g/mol. The molecule has 0 fully saturated rings. The molecular weight excluding hydrogens is 236 g/mol. The van der Waals surface area contributed by atoms with E-state index in [4.69, 9.17) is 10.7 Å². The summed E-state index contributed by atoms with van der Waals surface area (Å²) in [6, 6.07) is 8.28. The fraction of sp³-hybridized carbons (Fsp3) is 0.267. The van der Waals surface area contributed by atoms with E-state index in [-0.39, 0.29) is 0 Å². The van der Waals surface area contributed by atoms with Crippen LogP contribution in [0.3, 0.4) is 0 Å². The lowest BCUT2D eigenvalue weighted by molar-refractivity contribution is 0.806. The summed E-state index contributed by atoms with van der Waals surface area (Å²) >= 11 is 0. The van der Waals surface area contributed by atoms with Crippen LogP contribution in [0.25, 0.3) is 22.3 Å². The van der Waals surface area contributed by atoms with Gasteiger partial charge in [0.15, 0.2) is 0 Å². The van der Waals surface area contributed by atoms with E-state index in [2.05, 4.69) is 34.8 Å². The normalized spacial score (nSPS) is 11.3. The molecule has 0 aliphatic heterocycles. The number of rotatable bonds is 3. The summed E-state index contributed by atoms with van der Waals surface area (Å²) in [5.74, 6) is 0.999. The lowest BCUT2D eigenvalue weighted by Crippen LogP contribution is -2.08. The average Bonchev–Trinajstić information content (AvgIpc) is 2.95. The first-order valence-corrected chi connectivity index (χ1v) is 6.51. The van der Waals surface area contributed by atoms with E-state index in [1.165, 1.54) is 11.1 Å². The van der Waals surface area contributed by atoms with Gasteiger partial charge in [0.2, 0.25) is 0 Å². The molecule has 4 nitrogen and oxygen atoms in total. The second-order valence-corrected chi connectivity index (χ2v) is 4.81. The molecule has 0 radical (unpaired) electrons. The number of nitrogens with zero attached hydrogens (tertiary/aromatic N) is 2. The van der Waals surface area contributed by atoms with Crippen molar-refractivity contribution in [1.29, 1.82) is 0 Å². The molecule has 0 atom stereocenters. The topological polar surface area (TPSA) is 59.6 Å². The van der Waals surface area contributed by atoms with Gasteiger partial charge in [-0.05, 0) is 19.5 Å². The van der Waals surface area contributed by atoms with Crippen molar-refractivity contribution in [1.82, 2.24) is 14.5 Å². The summed E-state index contributed by atoms with van der Waals surface area (Å²) < 4.78 is 2.15. The highest BCUT2D eigenvalue weighted by Gasteiger charge is 2.15. The third-order valence-corrected chi connectivity index (χ3v) is 3.63. The Morgan fingerprint density at radius 3 is 2.89 bits per heavy atom. The highest BCUT2D eigenvalue weighted by molar-refractivity contribution is 5.93. The maximum absolute atomic E-state index is 5.67. The van der Waals surface area contributed by atoms with Crippen molar-refractivity contribution >= 4 is 10.9 Å². The number of H-pyrrole nitrogens is 1. The Labute approximate surface area is 112 Å². The van der Waals surface area contributed by atoms with E-state index in [1.54, 1.807) is 0 Å². The Bertz CT molecular complexity index is 721. The summed E-state index contributed by atoms with van der Waals surface area (Å²) in [5, 5.41) is 1.20. The molecule has 3 N–H and O–H groups in total. The van der Waals surface area contributed by atoms with Crippen LogP contribution in [0.5, 0.6) is 0 Å². The molecule has 0 unspecified atom stereocenters. The Hall–Kier alpha value is -2.07. The zero-order valence-corrected chi connectivity index (χ0v) is 11.3. The molecule has 2 heterocycles. The number of aromatic amines is 1. The number of nitrogens with two attached hydrogens (primary N) is 1. The maximum Gasteiger partial charge on any atom is 0.142 e. The highest BCUT2D eigenvalue weighted by Crippen LogP contribution is 2.28. The Morgan fingerprint density at radius 2 is 2.11 bits per heavy atom. The smallest absolute Gasteiger partial charge is 0.142 e. The van der Waals surface area contributed by atoms with Gasteiger partial charge < -0.3 is 15.3 Å². The van der Waals surface area contributed by atoms with E-state index in [9.17, 15) is 0 Å². The Morgan fingerprint density at radius 1 is 1.32 bits per heavy atom. The van der Waals surface area contributed by atoms with Crippen LogP contribution in [0, 0.1) is 6.92 Å². The van der Waals surface area contributed by atoms with Crippen molar-refractivity contribution in [3.63, 3.8) is 0 Å². The van der Waals surface area contributed by atoms with Gasteiger partial charge in [0, 0.05) is 41.8 Å².